The molecule has 1 fully saturated rings. The van der Waals surface area contributed by atoms with Crippen LogP contribution in [0.25, 0.3) is 0 Å². The number of rotatable bonds is 7. The van der Waals surface area contributed by atoms with Crippen LogP contribution < -0.4 is 26.3 Å². The number of carbonyl (C=O) groups is 2. The molecule has 1 heterocycles. The van der Waals surface area contributed by atoms with Gasteiger partial charge in [0.1, 0.15) is 30.7 Å². The Balaban J connectivity index is 0.000000874. The van der Waals surface area contributed by atoms with E-state index in [2.05, 4.69) is 16.8 Å². The van der Waals surface area contributed by atoms with E-state index in [9.17, 15) is 9.90 Å². The zero-order valence-corrected chi connectivity index (χ0v) is 17.6. The van der Waals surface area contributed by atoms with Gasteiger partial charge in [0.2, 0.25) is 0 Å². The molecule has 1 saturated heterocycles. The first-order valence-corrected chi connectivity index (χ1v) is 9.28. The Hall–Kier alpha value is -3.50. The van der Waals surface area contributed by atoms with E-state index in [4.69, 9.17) is 46.0 Å². The van der Waals surface area contributed by atoms with Gasteiger partial charge in [-0.2, -0.15) is 0 Å². The van der Waals surface area contributed by atoms with E-state index in [1.807, 2.05) is 0 Å². The van der Waals surface area contributed by atoms with E-state index in [0.717, 1.165) is 36.4 Å². The molecule has 10 nitrogen and oxygen atoms in total. The first-order valence-electron chi connectivity index (χ1n) is 17.3. The fourth-order valence-corrected chi connectivity index (χ4v) is 2.08. The summed E-state index contributed by atoms with van der Waals surface area (Å²) in [5.41, 5.74) is 7.27. The quantitative estimate of drug-likeness (QED) is 0.382. The van der Waals surface area contributed by atoms with Gasteiger partial charge >= 0.3 is 12.1 Å². The normalized spacial score (nSPS) is 23.5. The highest BCUT2D eigenvalue weighted by Crippen LogP contribution is 2.17. The van der Waals surface area contributed by atoms with Crippen LogP contribution in [0.2, 0.25) is 0 Å². The molecular formula is C25H39N3O7. The van der Waals surface area contributed by atoms with Crippen molar-refractivity contribution in [2.45, 2.75) is 47.0 Å². The van der Waals surface area contributed by atoms with Crippen LogP contribution in [0.3, 0.4) is 0 Å². The summed E-state index contributed by atoms with van der Waals surface area (Å²) < 4.78 is 134. The SMILES string of the molecule is C.NC(N)=O.[2H]C([2H])([2H])c1cc(OC([2H])([2H])C(O)CO)cc(C([2H])([2H])[2H])c1.[2H]C([2H])([2H])c1cc(OC([2H])([2H])C2CNC(=O)O2)cc(C([2H])([2H])[2H])c1. The molecule has 0 radical (unpaired) electrons. The van der Waals surface area contributed by atoms with Gasteiger partial charge in [0, 0.05) is 16.4 Å². The molecule has 1 aliphatic rings. The molecule has 0 bridgehead atoms. The fraction of sp³-hybridized carbons (Fsp3) is 0.440. The van der Waals surface area contributed by atoms with Crippen molar-refractivity contribution in [3.63, 3.8) is 0 Å². The van der Waals surface area contributed by atoms with Gasteiger partial charge in [-0.25, -0.2) is 9.59 Å². The number of ether oxygens (including phenoxy) is 3. The molecule has 2 aromatic rings. The molecule has 35 heavy (non-hydrogen) atoms. The van der Waals surface area contributed by atoms with E-state index < -0.39 is 71.5 Å². The Bertz CT molecular complexity index is 1410. The van der Waals surface area contributed by atoms with Gasteiger partial charge in [-0.05, 0) is 73.9 Å². The number of urea groups is 1. The zero-order valence-electron chi connectivity index (χ0n) is 33.6. The lowest BCUT2D eigenvalue weighted by molar-refractivity contribution is 0.0536. The Morgan fingerprint density at radius 3 is 1.91 bits per heavy atom. The molecule has 2 atom stereocenters. The number of alkyl carbamates (subject to hydrolysis) is 1. The van der Waals surface area contributed by atoms with E-state index in [0.29, 0.717) is 0 Å². The molecule has 10 heteroatoms. The van der Waals surface area contributed by atoms with Crippen LogP contribution in [-0.4, -0.2) is 60.8 Å². The van der Waals surface area contributed by atoms with E-state index >= 15 is 0 Å². The van der Waals surface area contributed by atoms with Crippen LogP contribution in [0.4, 0.5) is 9.59 Å². The second kappa shape index (κ2) is 16.2. The molecule has 1 aliphatic heterocycles. The molecule has 2 unspecified atom stereocenters. The van der Waals surface area contributed by atoms with Crippen molar-refractivity contribution >= 4 is 12.1 Å². The third-order valence-corrected chi connectivity index (χ3v) is 3.29. The van der Waals surface area contributed by atoms with E-state index in [1.165, 1.54) is 0 Å². The van der Waals surface area contributed by atoms with E-state index in [1.54, 1.807) is 0 Å². The van der Waals surface area contributed by atoms with Crippen molar-refractivity contribution in [2.24, 2.45) is 11.5 Å². The van der Waals surface area contributed by atoms with Crippen molar-refractivity contribution < 1.29 is 55.9 Å². The summed E-state index contributed by atoms with van der Waals surface area (Å²) in [5.74, 6) is -0.639. The van der Waals surface area contributed by atoms with Crippen molar-refractivity contribution in [1.29, 1.82) is 0 Å². The van der Waals surface area contributed by atoms with Gasteiger partial charge < -0.3 is 41.2 Å². The molecule has 3 rings (SSSR count). The molecule has 0 aliphatic carbocycles. The number of nitrogens with two attached hydrogens (primary N) is 2. The smallest absolute Gasteiger partial charge is 0.407 e. The first kappa shape index (κ1) is 13.6. The largest absolute Gasteiger partial charge is 0.491 e. The Labute approximate surface area is 229 Å². The Kier molecular flexibility index (Phi) is 6.27. The average molecular weight is 510 g/mol. The van der Waals surface area contributed by atoms with Crippen LogP contribution >= 0.6 is 0 Å². The number of hydrogen-bond acceptors (Lipinski definition) is 7. The molecule has 0 spiro atoms. The Morgan fingerprint density at radius 1 is 1.09 bits per heavy atom. The lowest BCUT2D eigenvalue weighted by Gasteiger charge is -2.11. The summed E-state index contributed by atoms with van der Waals surface area (Å²) in [7, 11) is 0. The van der Waals surface area contributed by atoms with Crippen LogP contribution in [0.15, 0.2) is 36.4 Å². The molecule has 7 N–H and O–H groups in total. The lowest BCUT2D eigenvalue weighted by atomic mass is 10.1. The second-order valence-electron chi connectivity index (χ2n) is 6.31. The molecule has 196 valence electrons. The lowest BCUT2D eigenvalue weighted by Crippen LogP contribution is -2.21. The molecule has 0 aromatic heterocycles. The van der Waals surface area contributed by atoms with Crippen LogP contribution in [0.5, 0.6) is 11.5 Å². The summed E-state index contributed by atoms with van der Waals surface area (Å²) in [4.78, 5) is 20.0. The Morgan fingerprint density at radius 2 is 1.54 bits per heavy atom. The minimum atomic E-state index is -2.71. The predicted molar refractivity (Wildman–Crippen MR) is 135 cm³/mol. The van der Waals surface area contributed by atoms with Gasteiger partial charge in [-0.15, -0.1) is 0 Å². The van der Waals surface area contributed by atoms with Gasteiger partial charge in [0.15, 0.2) is 6.10 Å². The minimum absolute atomic E-state index is 0. The average Bonchev–Trinajstić information content (AvgIpc) is 3.37. The maximum Gasteiger partial charge on any atom is 0.407 e. The van der Waals surface area contributed by atoms with Crippen molar-refractivity contribution in [3.8, 4) is 11.5 Å². The molecule has 0 saturated carbocycles. The molecule has 2 aromatic carbocycles. The highest BCUT2D eigenvalue weighted by molar-refractivity contribution is 5.69. The standard InChI is InChI=1S/C12H15NO3.C11H16O3.CH4N2O.CH4/c1-8-3-9(2)5-10(4-8)15-7-11-6-13-12(14)16-11;1-8-3-9(2)5-11(4-8)14-7-10(13)6-12;2-1(3)4;/h3-5,11H,6-7H2,1-2H3,(H,13,14);3-5,10,12-13H,6-7H2,1-2H3;(H4,2,3,4);1H4/i2*1D3,2D3,7D2;;. The van der Waals surface area contributed by atoms with Gasteiger partial charge in [-0.3, -0.25) is 0 Å². The number of carbonyl (C=O) groups excluding carboxylic acids is 2. The second-order valence-corrected chi connectivity index (χ2v) is 6.31. The zero-order chi connectivity index (χ0) is 39.3. The third-order valence-electron chi connectivity index (χ3n) is 3.29. The summed E-state index contributed by atoms with van der Waals surface area (Å²) in [5, 5.41) is 20.4. The third kappa shape index (κ3) is 14.4. The van der Waals surface area contributed by atoms with E-state index in [-0.39, 0.29) is 47.7 Å². The van der Waals surface area contributed by atoms with Crippen LogP contribution in [0, 0.1) is 27.4 Å². The van der Waals surface area contributed by atoms with Crippen molar-refractivity contribution in [3.05, 3.63) is 58.7 Å². The van der Waals surface area contributed by atoms with Crippen LogP contribution in [0.1, 0.15) is 51.6 Å². The maximum absolute atomic E-state index is 11.0. The number of aryl methyl sites for hydroxylation is 4. The topological polar surface area (TPSA) is 166 Å². The maximum atomic E-state index is 11.0. The number of primary amides is 2. The number of aliphatic hydroxyl groups excluding tert-OH is 2. The van der Waals surface area contributed by atoms with Crippen molar-refractivity contribution in [1.82, 2.24) is 5.32 Å². The fourth-order valence-electron chi connectivity index (χ4n) is 2.08. The highest BCUT2D eigenvalue weighted by Gasteiger charge is 2.22. The summed E-state index contributed by atoms with van der Waals surface area (Å²) in [6, 6.07) is 5.20. The van der Waals surface area contributed by atoms with Gasteiger partial charge in [-0.1, -0.05) is 19.6 Å². The van der Waals surface area contributed by atoms with Crippen molar-refractivity contribution in [2.75, 3.05) is 26.3 Å². The number of nitrogens with one attached hydrogen (secondary N) is 1. The molecular weight excluding hydrogens is 454 g/mol. The predicted octanol–water partition coefficient (Wildman–Crippen LogP) is 2.49. The monoisotopic (exact) mass is 509 g/mol. The molecule has 3 amide bonds. The highest BCUT2D eigenvalue weighted by atomic mass is 16.6. The number of aliphatic hydroxyl groups is 2. The summed E-state index contributed by atoms with van der Waals surface area (Å²) in [6.07, 6.45) is -3.93. The summed E-state index contributed by atoms with van der Waals surface area (Å²) >= 11 is 0. The van der Waals surface area contributed by atoms with Gasteiger partial charge in [0.05, 0.1) is 18.6 Å². The number of amides is 3. The summed E-state index contributed by atoms with van der Waals surface area (Å²) in [6.45, 7) is -16.6. The number of cyclic esters (lactones) is 1. The van der Waals surface area contributed by atoms with Crippen LogP contribution in [-0.2, 0) is 4.74 Å². The minimum Gasteiger partial charge on any atom is -0.491 e. The van der Waals surface area contributed by atoms with Gasteiger partial charge in [0.25, 0.3) is 0 Å². The number of benzene rings is 2. The number of hydrogen-bond donors (Lipinski definition) is 5. The first-order chi connectivity index (χ1) is 22.3.